The van der Waals surface area contributed by atoms with Crippen LogP contribution in [0.5, 0.6) is 0 Å². The lowest BCUT2D eigenvalue weighted by Gasteiger charge is -2.31. The Hall–Kier alpha value is -1.67. The molecule has 1 amide bonds. The number of imidazole rings is 1. The molecule has 0 bridgehead atoms. The predicted octanol–water partition coefficient (Wildman–Crippen LogP) is 1.70. The molecule has 1 aliphatic rings. The minimum Gasteiger partial charge on any atom is -0.389 e. The number of amides is 1. The summed E-state index contributed by atoms with van der Waals surface area (Å²) in [7, 11) is 1.47. The number of hydrogen-bond acceptors (Lipinski definition) is 8. The van der Waals surface area contributed by atoms with Gasteiger partial charge in [-0.3, -0.25) is 12.5 Å². The number of nitrogens with one attached hydrogen (secondary N) is 1. The summed E-state index contributed by atoms with van der Waals surface area (Å²) in [4.78, 5) is 24.4. The Morgan fingerprint density at radius 3 is 2.77 bits per heavy atom. The highest BCUT2D eigenvalue weighted by Gasteiger charge is 2.56. The van der Waals surface area contributed by atoms with Gasteiger partial charge >= 0.3 is 0 Å². The van der Waals surface area contributed by atoms with E-state index in [0.717, 1.165) is 17.3 Å². The number of halogens is 2. The van der Waals surface area contributed by atoms with Crippen LogP contribution in [0.25, 0.3) is 11.2 Å². The highest BCUT2D eigenvalue weighted by molar-refractivity contribution is 14.1. The SMILES string of the molecule is CNC(=O)C1(n2cnc3c(N(I)Cc4ccccc4)nc(Cl)nc32)SCC(O)C1O. The van der Waals surface area contributed by atoms with Crippen molar-refractivity contribution in [3.8, 4) is 0 Å². The van der Waals surface area contributed by atoms with Gasteiger partial charge in [0.05, 0.1) is 41.8 Å². The molecule has 3 aromatic rings. The second kappa shape index (κ2) is 8.46. The van der Waals surface area contributed by atoms with Crippen LogP contribution in [0.2, 0.25) is 5.28 Å². The molecule has 1 aromatic carbocycles. The van der Waals surface area contributed by atoms with Crippen molar-refractivity contribution in [1.29, 1.82) is 0 Å². The maximum absolute atomic E-state index is 12.8. The third kappa shape index (κ3) is 3.51. The van der Waals surface area contributed by atoms with Crippen LogP contribution in [-0.2, 0) is 16.2 Å². The second-order valence-corrected chi connectivity index (χ2v) is 9.45. The average Bonchev–Trinajstić information content (AvgIpc) is 3.29. The van der Waals surface area contributed by atoms with Gasteiger partial charge in [-0.05, 0) is 17.2 Å². The second-order valence-electron chi connectivity index (χ2n) is 6.71. The average molecular weight is 561 g/mol. The Kier molecular flexibility index (Phi) is 6.08. The van der Waals surface area contributed by atoms with Crippen molar-refractivity contribution < 1.29 is 15.0 Å². The quantitative estimate of drug-likeness (QED) is 0.245. The smallest absolute Gasteiger partial charge is 0.259 e. The number of nitrogens with zero attached hydrogens (tertiary/aromatic N) is 5. The van der Waals surface area contributed by atoms with Gasteiger partial charge in [0.15, 0.2) is 17.0 Å². The lowest BCUT2D eigenvalue weighted by molar-refractivity contribution is -0.131. The van der Waals surface area contributed by atoms with Crippen LogP contribution >= 0.6 is 46.2 Å². The van der Waals surface area contributed by atoms with Gasteiger partial charge in [0.25, 0.3) is 5.91 Å². The van der Waals surface area contributed by atoms with E-state index in [0.29, 0.717) is 23.5 Å². The van der Waals surface area contributed by atoms with Gasteiger partial charge in [-0.25, -0.2) is 4.98 Å². The lowest BCUT2D eigenvalue weighted by Crippen LogP contribution is -2.53. The summed E-state index contributed by atoms with van der Waals surface area (Å²) in [5.74, 6) is 0.202. The zero-order chi connectivity index (χ0) is 21.5. The Bertz CT molecular complexity index is 1090. The molecule has 30 heavy (non-hydrogen) atoms. The minimum absolute atomic E-state index is 0.0148. The zero-order valence-corrected chi connectivity index (χ0v) is 19.5. The largest absolute Gasteiger partial charge is 0.389 e. The van der Waals surface area contributed by atoms with E-state index in [1.807, 2.05) is 33.4 Å². The monoisotopic (exact) mass is 560 g/mol. The van der Waals surface area contributed by atoms with Gasteiger partial charge < -0.3 is 15.5 Å². The van der Waals surface area contributed by atoms with Crippen LogP contribution in [0.3, 0.4) is 0 Å². The molecule has 3 heterocycles. The maximum atomic E-state index is 12.8. The number of benzene rings is 1. The van der Waals surface area contributed by atoms with Crippen molar-refractivity contribution in [3.63, 3.8) is 0 Å². The topological polar surface area (TPSA) is 116 Å². The molecular formula is C18H18ClIN6O3S. The Morgan fingerprint density at radius 1 is 1.40 bits per heavy atom. The molecule has 4 rings (SSSR count). The van der Waals surface area contributed by atoms with E-state index < -0.39 is 23.0 Å². The predicted molar refractivity (Wildman–Crippen MR) is 123 cm³/mol. The summed E-state index contributed by atoms with van der Waals surface area (Å²) in [6.45, 7) is 0.549. The number of likely N-dealkylation sites (N-methyl/N-ethyl adjacent to an activating group) is 1. The number of thioether (sulfide) groups is 1. The summed E-state index contributed by atoms with van der Waals surface area (Å²) >= 11 is 9.47. The maximum Gasteiger partial charge on any atom is 0.259 e. The number of rotatable bonds is 5. The molecular weight excluding hydrogens is 543 g/mol. The van der Waals surface area contributed by atoms with E-state index in [1.54, 1.807) is 0 Å². The van der Waals surface area contributed by atoms with Gasteiger partial charge in [-0.1, -0.05) is 30.3 Å². The molecule has 3 unspecified atom stereocenters. The van der Waals surface area contributed by atoms with Crippen molar-refractivity contribution in [2.75, 3.05) is 15.9 Å². The van der Waals surface area contributed by atoms with E-state index >= 15 is 0 Å². The molecule has 1 fully saturated rings. The van der Waals surface area contributed by atoms with Crippen LogP contribution in [0.1, 0.15) is 5.56 Å². The lowest BCUT2D eigenvalue weighted by atomic mass is 10.1. The summed E-state index contributed by atoms with van der Waals surface area (Å²) in [6, 6.07) is 9.84. The van der Waals surface area contributed by atoms with Crippen molar-refractivity contribution in [2.45, 2.75) is 23.6 Å². The molecule has 0 spiro atoms. The number of carbonyl (C=O) groups excluding carboxylic acids is 1. The highest BCUT2D eigenvalue weighted by Crippen LogP contribution is 2.45. The zero-order valence-electron chi connectivity index (χ0n) is 15.7. The van der Waals surface area contributed by atoms with E-state index in [-0.39, 0.29) is 11.0 Å². The Labute approximate surface area is 195 Å². The molecule has 158 valence electrons. The minimum atomic E-state index is -1.52. The third-order valence-electron chi connectivity index (χ3n) is 4.89. The number of aromatic nitrogens is 4. The molecule has 1 aliphatic heterocycles. The molecule has 3 N–H and O–H groups in total. The molecule has 0 aliphatic carbocycles. The van der Waals surface area contributed by atoms with E-state index in [4.69, 9.17) is 11.6 Å². The molecule has 12 heteroatoms. The van der Waals surface area contributed by atoms with Gasteiger partial charge in [0, 0.05) is 12.8 Å². The van der Waals surface area contributed by atoms with Crippen molar-refractivity contribution in [1.82, 2.24) is 24.8 Å². The first-order chi connectivity index (χ1) is 14.4. The van der Waals surface area contributed by atoms with Gasteiger partial charge in [0.1, 0.15) is 6.10 Å². The standard InChI is InChI=1S/C18H18ClIN6O3S/c1-21-16(29)18(13(28)11(27)8-30-18)25-9-22-12-14(25)23-17(19)24-15(12)26(20)7-10-5-3-2-4-6-10/h2-6,9,11,13,27-28H,7-8H2,1H3,(H,21,29). The number of fused-ring (bicyclic) bond motifs is 1. The normalized spacial score (nSPS) is 23.6. The first-order valence-electron chi connectivity index (χ1n) is 8.99. The van der Waals surface area contributed by atoms with Crippen LogP contribution in [0.4, 0.5) is 5.82 Å². The molecule has 2 aromatic heterocycles. The van der Waals surface area contributed by atoms with Crippen molar-refractivity contribution >= 4 is 69.1 Å². The van der Waals surface area contributed by atoms with E-state index in [1.165, 1.54) is 17.9 Å². The Morgan fingerprint density at radius 2 is 2.13 bits per heavy atom. The number of aliphatic hydroxyl groups is 2. The number of hydrogen-bond donors (Lipinski definition) is 3. The van der Waals surface area contributed by atoms with E-state index in [2.05, 4.69) is 43.1 Å². The highest BCUT2D eigenvalue weighted by atomic mass is 127. The van der Waals surface area contributed by atoms with Crippen molar-refractivity contribution in [2.24, 2.45) is 0 Å². The fourth-order valence-electron chi connectivity index (χ4n) is 3.44. The molecule has 0 saturated carbocycles. The van der Waals surface area contributed by atoms with Crippen molar-refractivity contribution in [3.05, 3.63) is 47.5 Å². The summed E-state index contributed by atoms with van der Waals surface area (Å²) in [6.07, 6.45) is -0.992. The molecule has 1 saturated heterocycles. The first-order valence-corrected chi connectivity index (χ1v) is 11.3. The molecule has 9 nitrogen and oxygen atoms in total. The van der Waals surface area contributed by atoms with Gasteiger partial charge in [-0.2, -0.15) is 9.97 Å². The van der Waals surface area contributed by atoms with Crippen LogP contribution in [0.15, 0.2) is 36.7 Å². The first kappa shape index (κ1) is 21.6. The van der Waals surface area contributed by atoms with Gasteiger partial charge in [0.2, 0.25) is 10.2 Å². The fourth-order valence-corrected chi connectivity index (χ4v) is 5.77. The summed E-state index contributed by atoms with van der Waals surface area (Å²) in [5, 5.41) is 23.4. The molecule has 0 radical (unpaired) electrons. The van der Waals surface area contributed by atoms with Crippen LogP contribution in [-0.4, -0.2) is 60.6 Å². The summed E-state index contributed by atoms with van der Waals surface area (Å²) < 4.78 is 3.33. The van der Waals surface area contributed by atoms with Crippen LogP contribution in [0, 0.1) is 0 Å². The van der Waals surface area contributed by atoms with Crippen LogP contribution < -0.4 is 8.43 Å². The number of aliphatic hydroxyl groups excluding tert-OH is 2. The van der Waals surface area contributed by atoms with Gasteiger partial charge in [-0.15, -0.1) is 11.8 Å². The molecule has 3 atom stereocenters. The number of carbonyl (C=O) groups is 1. The van der Waals surface area contributed by atoms with E-state index in [9.17, 15) is 15.0 Å². The number of anilines is 1. The summed E-state index contributed by atoms with van der Waals surface area (Å²) in [5.41, 5.74) is 1.80. The third-order valence-corrected chi connectivity index (χ3v) is 7.43. The fraction of sp³-hybridized carbons (Fsp3) is 0.333. The Balaban J connectivity index is 1.83.